The molecule has 4 nitrogen and oxygen atoms in total. The normalized spacial score (nSPS) is 15.3. The second-order valence-electron chi connectivity index (χ2n) is 36.4. The van der Waals surface area contributed by atoms with Crippen LogP contribution in [0.3, 0.4) is 0 Å². The number of para-hydroxylation sites is 2. The van der Waals surface area contributed by atoms with Gasteiger partial charge in [0.25, 0.3) is 6.71 Å². The lowest BCUT2D eigenvalue weighted by atomic mass is 9.34. The van der Waals surface area contributed by atoms with E-state index in [1.54, 1.807) is 0 Å². The lowest BCUT2D eigenvalue weighted by molar-refractivity contribution is 0.589. The SMILES string of the molecule is [2H]c1c2c3c(c([2H])c1C(C)(C)C)-n1c4c(-c5ccccc5)cccc4c4ccccc4c4ccccc4c4c(-n5c6c([2H])c([2H])c(C(C)(C)C)c([2H])c6c6c([2H])c(C(C)(C)C)c([2H])c([2H])c65)c([2H])c([2H])c(c41)B3c1c([2H])c([2H])c(-n3c4c([2H])c([2H])c(C(C)(C)C)c([2H])c4c4c([2H])c(C(C)(C)C)c([2H])c([2H])c43)c3c4ccccc4c4ccccc4c4cccc(-c5ccccc5)c4n-2c13. The van der Waals surface area contributed by atoms with Gasteiger partial charge in [-0.2, -0.15) is 0 Å². The van der Waals surface area contributed by atoms with Gasteiger partial charge < -0.3 is 18.3 Å². The highest BCUT2D eigenvalue weighted by molar-refractivity contribution is 7.00. The van der Waals surface area contributed by atoms with Crippen LogP contribution in [0.15, 0.2) is 303 Å². The van der Waals surface area contributed by atoms with E-state index in [0.29, 0.717) is 76.0 Å². The van der Waals surface area contributed by atoms with E-state index in [0.717, 1.165) is 11.1 Å². The van der Waals surface area contributed by atoms with E-state index in [4.69, 9.17) is 0 Å². The molecule has 0 radical (unpaired) electrons. The fourth-order valence-electron chi connectivity index (χ4n) is 18.0. The Balaban J connectivity index is 1.16. The van der Waals surface area contributed by atoms with Gasteiger partial charge in [0.1, 0.15) is 0 Å². The van der Waals surface area contributed by atoms with Gasteiger partial charge in [0.2, 0.25) is 0 Å². The summed E-state index contributed by atoms with van der Waals surface area (Å²) in [6, 6.07) is 56.9. The number of aromatic nitrogens is 4. The summed E-state index contributed by atoms with van der Waals surface area (Å²) in [6.45, 7) is 26.5. The zero-order chi connectivity index (χ0) is 94.5. The minimum atomic E-state index is -1.65. The molecule has 4 aromatic heterocycles. The molecule has 0 amide bonds. The van der Waals surface area contributed by atoms with Crippen molar-refractivity contribution in [3.63, 3.8) is 0 Å². The molecule has 19 aromatic rings. The molecule has 0 spiro atoms. The first-order chi connectivity index (χ1) is 62.9. The summed E-state index contributed by atoms with van der Waals surface area (Å²) in [4.78, 5) is 0. The van der Waals surface area contributed by atoms with Gasteiger partial charge in [-0.05, 0) is 198 Å². The van der Waals surface area contributed by atoms with Crippen LogP contribution < -0.4 is 16.4 Å². The van der Waals surface area contributed by atoms with Crippen LogP contribution in [0.2, 0.25) is 0 Å². The summed E-state index contributed by atoms with van der Waals surface area (Å²) in [5.41, 5.74) is -0.367. The highest BCUT2D eigenvalue weighted by atomic mass is 15.1. The molecular formula is C110H95BN4. The number of nitrogens with zero attached hydrogens (tertiary/aromatic N) is 4. The number of rotatable bonds is 4. The number of hydrogen-bond acceptors (Lipinski definition) is 0. The van der Waals surface area contributed by atoms with E-state index in [9.17, 15) is 24.7 Å². The molecule has 115 heavy (non-hydrogen) atoms. The smallest absolute Gasteiger partial charge is 0.252 e. The molecule has 0 unspecified atom stereocenters. The Morgan fingerprint density at radius 2 is 0.504 bits per heavy atom. The summed E-state index contributed by atoms with van der Waals surface area (Å²) >= 11 is 0. The van der Waals surface area contributed by atoms with Crippen molar-refractivity contribution in [2.75, 3.05) is 0 Å². The van der Waals surface area contributed by atoms with E-state index in [-0.39, 0.29) is 193 Å². The monoisotopic (exact) mass is 1500 g/mol. The number of hydrogen-bond donors (Lipinski definition) is 0. The Labute approximate surface area is 699 Å². The third kappa shape index (κ3) is 10.6. The van der Waals surface area contributed by atoms with Crippen LogP contribution >= 0.6 is 0 Å². The molecule has 0 bridgehead atoms. The summed E-state index contributed by atoms with van der Waals surface area (Å²) < 4.78 is 207. The summed E-state index contributed by atoms with van der Waals surface area (Å²) in [6.07, 6.45) is 0. The zero-order valence-corrected chi connectivity index (χ0v) is 67.3. The average Bonchev–Trinajstić information content (AvgIpc) is 1.65. The van der Waals surface area contributed by atoms with Crippen molar-refractivity contribution in [2.45, 2.75) is 131 Å². The molecule has 0 saturated heterocycles. The second kappa shape index (κ2) is 25.0. The molecule has 5 heteroatoms. The Morgan fingerprint density at radius 3 is 0.817 bits per heavy atom. The van der Waals surface area contributed by atoms with E-state index < -0.39 is 82.1 Å². The van der Waals surface area contributed by atoms with Gasteiger partial charge in [-0.1, -0.05) is 334 Å². The van der Waals surface area contributed by atoms with Gasteiger partial charge in [0, 0.05) is 65.6 Å². The predicted molar refractivity (Wildman–Crippen MR) is 498 cm³/mol. The molecule has 6 heterocycles. The minimum Gasteiger partial charge on any atom is -0.309 e. The van der Waals surface area contributed by atoms with Gasteiger partial charge in [0.15, 0.2) is 0 Å². The van der Waals surface area contributed by atoms with Crippen LogP contribution in [0.4, 0.5) is 0 Å². The highest BCUT2D eigenvalue weighted by Gasteiger charge is 2.43. The quantitative estimate of drug-likeness (QED) is 0.157. The van der Waals surface area contributed by atoms with Crippen molar-refractivity contribution < 1.29 is 24.7 Å². The third-order valence-corrected chi connectivity index (χ3v) is 23.7. The van der Waals surface area contributed by atoms with Crippen LogP contribution in [0.1, 0.15) is 156 Å². The molecule has 2 aliphatic heterocycles. The Kier molecular flexibility index (Phi) is 11.7. The fourth-order valence-corrected chi connectivity index (χ4v) is 18.0. The summed E-state index contributed by atoms with van der Waals surface area (Å²) in [5.74, 6) is 0. The largest absolute Gasteiger partial charge is 0.309 e. The van der Waals surface area contributed by atoms with Crippen molar-refractivity contribution in [3.8, 4) is 45.0 Å². The first kappa shape index (κ1) is 53.5. The summed E-state index contributed by atoms with van der Waals surface area (Å²) in [5, 5.41) is 6.50. The fraction of sp³-hybridized carbons (Fsp3) is 0.182. The third-order valence-electron chi connectivity index (χ3n) is 23.7. The Hall–Kier alpha value is -12.4. The van der Waals surface area contributed by atoms with Crippen LogP contribution in [0, 0.1) is 0 Å². The maximum atomic E-state index is 12.1. The van der Waals surface area contributed by atoms with E-state index in [1.165, 1.54) is 9.13 Å². The van der Waals surface area contributed by atoms with Gasteiger partial charge in [-0.25, -0.2) is 0 Å². The van der Waals surface area contributed by atoms with E-state index >= 15 is 0 Å². The van der Waals surface area contributed by atoms with Crippen molar-refractivity contribution >= 4 is 153 Å². The molecule has 15 aromatic carbocycles. The standard InChI is InChI=1S/C110H95BN4/c1-106(2,3)68-48-54-91-85(60-68)86-61-69(107(4,5)6)49-55-92(86)112(91)95-58-52-89-104-99(95)81-42-28-26-38-77(81)75-36-22-24-40-79(75)83-46-30-44-73(66-32-18-16-19-33-66)102(83)114(104)97-64-72(110(13,14)15)65-98-101(97)111(89)90-53-59-96(113-93-56-50-70(108(7,8)9)62-87(93)88-63-71(109(10,11)12)51-57-94(88)113)100-82-43-29-27-39-78(82)76-37-23-25-41-80(76)84-47-31-45-74(67-34-20-17-21-35-67)103(84)115(98)105(90)100/h16-65H,1-15H3/i48D,49D,50D,51D,52D,53D,54D,55D,56D,57D,58D,59D,60D,61D,62D,63D,64D,65D. The molecule has 21 rings (SSSR count). The Morgan fingerprint density at radius 1 is 0.226 bits per heavy atom. The van der Waals surface area contributed by atoms with E-state index in [2.05, 4.69) is 0 Å². The van der Waals surface area contributed by atoms with Crippen molar-refractivity contribution in [1.82, 2.24) is 18.3 Å². The number of benzene rings is 15. The van der Waals surface area contributed by atoms with Gasteiger partial charge in [-0.3, -0.25) is 0 Å². The maximum absolute atomic E-state index is 12.1. The maximum Gasteiger partial charge on any atom is 0.252 e. The van der Waals surface area contributed by atoms with Crippen LogP contribution in [0.5, 0.6) is 0 Å². The molecular weight excluding hydrogens is 1390 g/mol. The van der Waals surface area contributed by atoms with Crippen LogP contribution in [-0.2, 0) is 27.1 Å². The molecule has 0 saturated carbocycles. The first-order valence-electron chi connectivity index (χ1n) is 48.9. The predicted octanol–water partition coefficient (Wildman–Crippen LogP) is 27.9. The number of fused-ring (bicyclic) bond motifs is 24. The topological polar surface area (TPSA) is 19.7 Å². The zero-order valence-electron chi connectivity index (χ0n) is 85.3. The molecule has 2 aliphatic rings. The first-order valence-corrected chi connectivity index (χ1v) is 39.9. The van der Waals surface area contributed by atoms with Gasteiger partial charge >= 0.3 is 0 Å². The molecule has 0 fully saturated rings. The van der Waals surface area contributed by atoms with Crippen LogP contribution in [-0.4, -0.2) is 25.0 Å². The van der Waals surface area contributed by atoms with E-state index in [1.807, 2.05) is 307 Å². The lowest BCUT2D eigenvalue weighted by Crippen LogP contribution is -2.60. The average molecular weight is 1500 g/mol. The second-order valence-corrected chi connectivity index (χ2v) is 36.4. The molecule has 0 aliphatic carbocycles. The van der Waals surface area contributed by atoms with Crippen molar-refractivity contribution in [3.05, 3.63) is 331 Å². The molecule has 0 atom stereocenters. The van der Waals surface area contributed by atoms with Crippen LogP contribution in [0.25, 0.3) is 175 Å². The summed E-state index contributed by atoms with van der Waals surface area (Å²) in [7, 11) is 0. The lowest BCUT2D eigenvalue weighted by Gasteiger charge is -2.38. The molecule has 558 valence electrons. The van der Waals surface area contributed by atoms with Crippen molar-refractivity contribution in [2.24, 2.45) is 0 Å². The van der Waals surface area contributed by atoms with Crippen molar-refractivity contribution in [1.29, 1.82) is 0 Å². The van der Waals surface area contributed by atoms with Gasteiger partial charge in [0.05, 0.1) is 80.2 Å². The minimum absolute atomic E-state index is 0.0251. The molecule has 0 N–H and O–H groups in total. The highest BCUT2D eigenvalue weighted by Crippen LogP contribution is 2.50. The van der Waals surface area contributed by atoms with Gasteiger partial charge in [-0.15, -0.1) is 0 Å². The Bertz CT molecular complexity index is 8070.